The molecule has 33 heavy (non-hydrogen) atoms. The number of amides is 1. The first-order chi connectivity index (χ1) is 16.2. The zero-order valence-electron chi connectivity index (χ0n) is 18.9. The van der Waals surface area contributed by atoms with Crippen molar-refractivity contribution in [2.24, 2.45) is 0 Å². The van der Waals surface area contributed by atoms with E-state index in [0.29, 0.717) is 6.54 Å². The van der Waals surface area contributed by atoms with E-state index in [9.17, 15) is 4.79 Å². The summed E-state index contributed by atoms with van der Waals surface area (Å²) < 4.78 is 4.95. The summed E-state index contributed by atoms with van der Waals surface area (Å²) in [5.41, 5.74) is 3.67. The SMILES string of the molecule is C=CCOC(=O)N1C[C@@H](SC(c2ccccc2)(c2ccccc2)c2ccccc2)C[C@H]1NC. The predicted octanol–water partition coefficient (Wildman–Crippen LogP) is 5.65. The van der Waals surface area contributed by atoms with E-state index in [-0.39, 0.29) is 24.1 Å². The molecular weight excluding hydrogens is 428 g/mol. The maximum absolute atomic E-state index is 12.7. The Morgan fingerprint density at radius 3 is 1.91 bits per heavy atom. The second kappa shape index (κ2) is 10.7. The van der Waals surface area contributed by atoms with Crippen molar-refractivity contribution in [3.63, 3.8) is 0 Å². The number of rotatable bonds is 8. The van der Waals surface area contributed by atoms with E-state index in [1.54, 1.807) is 11.0 Å². The fourth-order valence-electron chi connectivity index (χ4n) is 4.54. The van der Waals surface area contributed by atoms with Crippen molar-refractivity contribution in [2.45, 2.75) is 22.6 Å². The number of carbonyl (C=O) groups excluding carboxylic acids is 1. The molecule has 0 aliphatic carbocycles. The monoisotopic (exact) mass is 458 g/mol. The first-order valence-electron chi connectivity index (χ1n) is 11.2. The van der Waals surface area contributed by atoms with Crippen molar-refractivity contribution in [1.29, 1.82) is 0 Å². The number of nitrogens with zero attached hydrogens (tertiary/aromatic N) is 1. The Bertz CT molecular complexity index is 947. The van der Waals surface area contributed by atoms with E-state index in [0.717, 1.165) is 6.42 Å². The molecule has 1 N–H and O–H groups in total. The predicted molar refractivity (Wildman–Crippen MR) is 136 cm³/mol. The van der Waals surface area contributed by atoms with E-state index in [2.05, 4.69) is 103 Å². The molecule has 2 atom stereocenters. The van der Waals surface area contributed by atoms with Gasteiger partial charge in [-0.2, -0.15) is 0 Å². The molecular formula is C28H30N2O2S. The van der Waals surface area contributed by atoms with Crippen LogP contribution in [0.15, 0.2) is 104 Å². The average molecular weight is 459 g/mol. The van der Waals surface area contributed by atoms with Crippen molar-refractivity contribution in [3.05, 3.63) is 120 Å². The summed E-state index contributed by atoms with van der Waals surface area (Å²) in [5, 5.41) is 3.50. The van der Waals surface area contributed by atoms with Crippen LogP contribution < -0.4 is 5.32 Å². The molecule has 1 heterocycles. The lowest BCUT2D eigenvalue weighted by atomic mass is 9.84. The number of carbonyl (C=O) groups is 1. The third-order valence-electron chi connectivity index (χ3n) is 6.04. The normalized spacial score (nSPS) is 18.2. The van der Waals surface area contributed by atoms with Gasteiger partial charge in [0.25, 0.3) is 0 Å². The summed E-state index contributed by atoms with van der Waals surface area (Å²) in [6.45, 7) is 4.47. The molecule has 1 aliphatic rings. The third kappa shape index (κ3) is 4.85. The Labute approximate surface area is 200 Å². The Morgan fingerprint density at radius 2 is 1.48 bits per heavy atom. The number of nitrogens with one attached hydrogen (secondary N) is 1. The van der Waals surface area contributed by atoms with Crippen LogP contribution in [0.2, 0.25) is 0 Å². The van der Waals surface area contributed by atoms with Crippen LogP contribution in [0.25, 0.3) is 0 Å². The minimum Gasteiger partial charge on any atom is -0.445 e. The van der Waals surface area contributed by atoms with Crippen LogP contribution >= 0.6 is 11.8 Å². The van der Waals surface area contributed by atoms with E-state index in [1.807, 2.05) is 18.8 Å². The summed E-state index contributed by atoms with van der Waals surface area (Å²) in [6, 6.07) is 32.0. The quantitative estimate of drug-likeness (QED) is 0.350. The molecule has 0 aromatic heterocycles. The Kier molecular flexibility index (Phi) is 7.53. The summed E-state index contributed by atoms with van der Waals surface area (Å²) in [4.78, 5) is 14.5. The van der Waals surface area contributed by atoms with Crippen molar-refractivity contribution in [2.75, 3.05) is 20.2 Å². The molecule has 0 unspecified atom stereocenters. The van der Waals surface area contributed by atoms with Gasteiger partial charge in [-0.1, -0.05) is 104 Å². The maximum Gasteiger partial charge on any atom is 0.411 e. The summed E-state index contributed by atoms with van der Waals surface area (Å²) >= 11 is 1.91. The molecule has 170 valence electrons. The minimum atomic E-state index is -0.409. The number of hydrogen-bond donors (Lipinski definition) is 1. The zero-order chi connectivity index (χ0) is 23.1. The standard InChI is InChI=1S/C28H30N2O2S/c1-3-19-32-27(31)30-21-25(20-26(30)29-2)33-28(22-13-7-4-8-14-22,23-15-9-5-10-16-23)24-17-11-6-12-18-24/h3-18,25-26,29H,1,19-21H2,2H3/t25-,26-/m0/s1. The molecule has 1 saturated heterocycles. The highest BCUT2D eigenvalue weighted by atomic mass is 32.2. The highest BCUT2D eigenvalue weighted by Gasteiger charge is 2.44. The van der Waals surface area contributed by atoms with Crippen LogP contribution in [-0.4, -0.2) is 42.6 Å². The number of benzene rings is 3. The molecule has 0 saturated carbocycles. The van der Waals surface area contributed by atoms with E-state index in [1.165, 1.54) is 16.7 Å². The molecule has 3 aromatic carbocycles. The van der Waals surface area contributed by atoms with Gasteiger partial charge in [-0.3, -0.25) is 4.90 Å². The van der Waals surface area contributed by atoms with Crippen molar-refractivity contribution in [1.82, 2.24) is 10.2 Å². The van der Waals surface area contributed by atoms with E-state index in [4.69, 9.17) is 4.74 Å². The fraction of sp³-hybridized carbons (Fsp3) is 0.250. The molecule has 4 nitrogen and oxygen atoms in total. The van der Waals surface area contributed by atoms with Gasteiger partial charge in [0.1, 0.15) is 6.61 Å². The minimum absolute atomic E-state index is 0.0696. The molecule has 0 radical (unpaired) electrons. The van der Waals surface area contributed by atoms with Gasteiger partial charge in [0, 0.05) is 11.8 Å². The number of thioether (sulfide) groups is 1. The molecule has 1 amide bonds. The van der Waals surface area contributed by atoms with Gasteiger partial charge in [-0.25, -0.2) is 4.79 Å². The second-order valence-corrected chi connectivity index (χ2v) is 9.59. The van der Waals surface area contributed by atoms with Crippen LogP contribution in [-0.2, 0) is 9.48 Å². The van der Waals surface area contributed by atoms with Gasteiger partial charge in [0.2, 0.25) is 0 Å². The van der Waals surface area contributed by atoms with Gasteiger partial charge in [-0.05, 0) is 30.2 Å². The smallest absolute Gasteiger partial charge is 0.411 e. The van der Waals surface area contributed by atoms with Crippen LogP contribution in [0, 0.1) is 0 Å². The lowest BCUT2D eigenvalue weighted by Crippen LogP contribution is -2.43. The van der Waals surface area contributed by atoms with E-state index < -0.39 is 4.75 Å². The van der Waals surface area contributed by atoms with Crippen LogP contribution in [0.4, 0.5) is 4.79 Å². The lowest BCUT2D eigenvalue weighted by molar-refractivity contribution is 0.103. The Hall–Kier alpha value is -3.02. The fourth-order valence-corrected chi connectivity index (χ4v) is 6.37. The highest BCUT2D eigenvalue weighted by Crippen LogP contribution is 2.51. The van der Waals surface area contributed by atoms with Crippen molar-refractivity contribution >= 4 is 17.9 Å². The van der Waals surface area contributed by atoms with E-state index >= 15 is 0 Å². The molecule has 0 bridgehead atoms. The molecule has 4 rings (SSSR count). The van der Waals surface area contributed by atoms with Crippen LogP contribution in [0.3, 0.4) is 0 Å². The molecule has 3 aromatic rings. The van der Waals surface area contributed by atoms with Gasteiger partial charge in [-0.15, -0.1) is 11.8 Å². The first-order valence-corrected chi connectivity index (χ1v) is 12.1. The van der Waals surface area contributed by atoms with Gasteiger partial charge in [0.15, 0.2) is 0 Å². The summed E-state index contributed by atoms with van der Waals surface area (Å²) in [7, 11) is 1.89. The molecule has 0 spiro atoms. The Balaban J connectivity index is 1.76. The summed E-state index contributed by atoms with van der Waals surface area (Å²) in [6.07, 6.45) is 2.06. The molecule has 1 aliphatic heterocycles. The largest absolute Gasteiger partial charge is 0.445 e. The van der Waals surface area contributed by atoms with Crippen molar-refractivity contribution < 1.29 is 9.53 Å². The number of ether oxygens (including phenoxy) is 1. The molecule has 1 fully saturated rings. The average Bonchev–Trinajstić information content (AvgIpc) is 3.30. The zero-order valence-corrected chi connectivity index (χ0v) is 19.7. The van der Waals surface area contributed by atoms with Gasteiger partial charge >= 0.3 is 6.09 Å². The van der Waals surface area contributed by atoms with Gasteiger partial charge < -0.3 is 10.1 Å². The topological polar surface area (TPSA) is 41.6 Å². The Morgan fingerprint density at radius 1 is 1.00 bits per heavy atom. The highest BCUT2D eigenvalue weighted by molar-refractivity contribution is 8.01. The van der Waals surface area contributed by atoms with Crippen LogP contribution in [0.5, 0.6) is 0 Å². The first kappa shape index (κ1) is 23.1. The lowest BCUT2D eigenvalue weighted by Gasteiger charge is -2.37. The molecule has 5 heteroatoms. The second-order valence-electron chi connectivity index (χ2n) is 8.08. The number of hydrogen-bond acceptors (Lipinski definition) is 4. The summed E-state index contributed by atoms with van der Waals surface area (Å²) in [5.74, 6) is 0. The maximum atomic E-state index is 12.7. The third-order valence-corrected chi connectivity index (χ3v) is 7.78. The van der Waals surface area contributed by atoms with Crippen molar-refractivity contribution in [3.8, 4) is 0 Å². The number of likely N-dealkylation sites (tertiary alicyclic amines) is 1. The van der Waals surface area contributed by atoms with Crippen LogP contribution in [0.1, 0.15) is 23.1 Å². The van der Waals surface area contributed by atoms with Gasteiger partial charge in [0.05, 0.1) is 10.9 Å².